The lowest BCUT2D eigenvalue weighted by Crippen LogP contribution is -2.47. The Morgan fingerprint density at radius 1 is 1.08 bits per heavy atom. The predicted octanol–water partition coefficient (Wildman–Crippen LogP) is 6.04. The van der Waals surface area contributed by atoms with Crippen LogP contribution in [0.25, 0.3) is 11.0 Å². The van der Waals surface area contributed by atoms with E-state index in [2.05, 4.69) is 46.2 Å². The van der Waals surface area contributed by atoms with Crippen molar-refractivity contribution in [3.63, 3.8) is 0 Å². The molecule has 0 unspecified atom stereocenters. The molecule has 39 heavy (non-hydrogen) atoms. The van der Waals surface area contributed by atoms with Gasteiger partial charge >= 0.3 is 0 Å². The third-order valence-electron chi connectivity index (χ3n) is 7.23. The molecule has 0 radical (unpaired) electrons. The molecule has 0 saturated heterocycles. The number of carbonyl (C=O) groups excluding carboxylic acids is 2. The molecule has 3 heterocycles. The van der Waals surface area contributed by atoms with Crippen molar-refractivity contribution in [2.24, 2.45) is 0 Å². The van der Waals surface area contributed by atoms with Crippen LogP contribution in [0.1, 0.15) is 79.2 Å². The summed E-state index contributed by atoms with van der Waals surface area (Å²) in [5, 5.41) is 5.09. The van der Waals surface area contributed by atoms with Gasteiger partial charge in [-0.05, 0) is 61.0 Å². The van der Waals surface area contributed by atoms with Crippen LogP contribution in [0, 0.1) is 0 Å². The van der Waals surface area contributed by atoms with E-state index < -0.39 is 6.04 Å². The molecular weight excluding hydrogens is 506 g/mol. The maximum absolute atomic E-state index is 13.3. The van der Waals surface area contributed by atoms with Crippen LogP contribution in [-0.2, 0) is 17.6 Å². The quantitative estimate of drug-likeness (QED) is 0.222. The summed E-state index contributed by atoms with van der Waals surface area (Å²) in [4.78, 5) is 38.9. The van der Waals surface area contributed by atoms with Gasteiger partial charge in [0, 0.05) is 54.8 Å². The van der Waals surface area contributed by atoms with E-state index in [1.165, 1.54) is 4.88 Å². The summed E-state index contributed by atoms with van der Waals surface area (Å²) < 4.78 is 2.34. The third kappa shape index (κ3) is 6.92. The van der Waals surface area contributed by atoms with Crippen molar-refractivity contribution in [2.45, 2.75) is 71.4 Å². The molecule has 2 amide bonds. The SMILES string of the molecule is CCC[C@H](NC(=O)c1ccc2c(c1)nc(Cc1cccs1)n2C(CC)CC)C(=O)N(C)CCc1ccccn1. The fraction of sp³-hybridized carbons (Fsp3) is 0.419. The predicted molar refractivity (Wildman–Crippen MR) is 158 cm³/mol. The summed E-state index contributed by atoms with van der Waals surface area (Å²) in [6.45, 7) is 6.97. The molecule has 0 saturated carbocycles. The van der Waals surface area contributed by atoms with Gasteiger partial charge in [-0.1, -0.05) is 39.3 Å². The molecular formula is C31H39N5O2S. The minimum absolute atomic E-state index is 0.0848. The van der Waals surface area contributed by atoms with Gasteiger partial charge in [0.05, 0.1) is 11.0 Å². The second-order valence-corrected chi connectivity index (χ2v) is 11.0. The number of nitrogens with zero attached hydrogens (tertiary/aromatic N) is 4. The molecule has 0 fully saturated rings. The normalized spacial score (nSPS) is 12.1. The largest absolute Gasteiger partial charge is 0.344 e. The Morgan fingerprint density at radius 2 is 1.90 bits per heavy atom. The molecule has 7 nitrogen and oxygen atoms in total. The Hall–Kier alpha value is -3.52. The fourth-order valence-corrected chi connectivity index (χ4v) is 5.74. The molecule has 3 aromatic heterocycles. The van der Waals surface area contributed by atoms with Crippen LogP contribution in [0.2, 0.25) is 0 Å². The minimum Gasteiger partial charge on any atom is -0.344 e. The van der Waals surface area contributed by atoms with Gasteiger partial charge in [-0.3, -0.25) is 14.6 Å². The number of hydrogen-bond donors (Lipinski definition) is 1. The van der Waals surface area contributed by atoms with Crippen molar-refractivity contribution in [3.05, 3.63) is 82.1 Å². The number of thiophene rings is 1. The van der Waals surface area contributed by atoms with Crippen LogP contribution < -0.4 is 5.32 Å². The molecule has 4 aromatic rings. The first-order chi connectivity index (χ1) is 18.9. The zero-order valence-corrected chi connectivity index (χ0v) is 24.2. The summed E-state index contributed by atoms with van der Waals surface area (Å²) in [6.07, 6.45) is 6.58. The maximum atomic E-state index is 13.3. The third-order valence-corrected chi connectivity index (χ3v) is 8.11. The Balaban J connectivity index is 1.52. The van der Waals surface area contributed by atoms with Gasteiger partial charge in [-0.2, -0.15) is 0 Å². The minimum atomic E-state index is -0.580. The van der Waals surface area contributed by atoms with Crippen LogP contribution >= 0.6 is 11.3 Å². The van der Waals surface area contributed by atoms with Crippen molar-refractivity contribution in [1.82, 2.24) is 24.8 Å². The molecule has 1 aromatic carbocycles. The number of likely N-dealkylation sites (N-methyl/N-ethyl adjacent to an activating group) is 1. The number of nitrogens with one attached hydrogen (secondary N) is 1. The molecule has 0 aliphatic rings. The first-order valence-electron chi connectivity index (χ1n) is 13.9. The molecule has 0 bridgehead atoms. The van der Waals surface area contributed by atoms with Gasteiger partial charge in [-0.25, -0.2) is 4.98 Å². The van der Waals surface area contributed by atoms with E-state index >= 15 is 0 Å². The number of imidazole rings is 1. The van der Waals surface area contributed by atoms with Crippen molar-refractivity contribution in [1.29, 1.82) is 0 Å². The molecule has 1 N–H and O–H groups in total. The summed E-state index contributed by atoms with van der Waals surface area (Å²) in [5.41, 5.74) is 3.31. The number of fused-ring (bicyclic) bond motifs is 1. The highest BCUT2D eigenvalue weighted by molar-refractivity contribution is 7.09. The van der Waals surface area contributed by atoms with E-state index in [0.29, 0.717) is 31.0 Å². The van der Waals surface area contributed by atoms with Gasteiger partial charge in [0.1, 0.15) is 11.9 Å². The van der Waals surface area contributed by atoms with Gasteiger partial charge in [0.25, 0.3) is 5.91 Å². The van der Waals surface area contributed by atoms with E-state index in [9.17, 15) is 9.59 Å². The Bertz CT molecular complexity index is 1360. The maximum Gasteiger partial charge on any atom is 0.252 e. The average Bonchev–Trinajstić information content (AvgIpc) is 3.60. The lowest BCUT2D eigenvalue weighted by molar-refractivity contribution is -0.132. The van der Waals surface area contributed by atoms with Crippen LogP contribution in [0.15, 0.2) is 60.1 Å². The van der Waals surface area contributed by atoms with Gasteiger partial charge in [0.2, 0.25) is 5.91 Å². The smallest absolute Gasteiger partial charge is 0.252 e. The average molecular weight is 546 g/mol. The number of aromatic nitrogens is 3. The lowest BCUT2D eigenvalue weighted by Gasteiger charge is -2.24. The Kier molecular flexibility index (Phi) is 9.87. The van der Waals surface area contributed by atoms with Gasteiger partial charge in [0.15, 0.2) is 0 Å². The number of carbonyl (C=O) groups is 2. The topological polar surface area (TPSA) is 80.1 Å². The highest BCUT2D eigenvalue weighted by Gasteiger charge is 2.25. The molecule has 1 atom stereocenters. The number of pyridine rings is 1. The molecule has 0 spiro atoms. The van der Waals surface area contributed by atoms with Crippen LogP contribution in [0.4, 0.5) is 0 Å². The summed E-state index contributed by atoms with van der Waals surface area (Å²) in [7, 11) is 1.78. The van der Waals surface area contributed by atoms with Gasteiger partial charge < -0.3 is 14.8 Å². The number of hydrogen-bond acceptors (Lipinski definition) is 5. The standard InChI is InChI=1S/C31H39N5O2S/c1-5-11-26(31(38)35(4)18-16-23-12-8-9-17-32-23)34-30(37)22-14-15-28-27(20-22)33-29(21-25-13-10-19-39-25)36(28)24(6-2)7-3/h8-10,12-15,17,19-20,24,26H,5-7,11,16,18,21H2,1-4H3,(H,34,37)/t26-/m0/s1. The first-order valence-corrected chi connectivity index (χ1v) is 14.8. The zero-order valence-electron chi connectivity index (χ0n) is 23.4. The van der Waals surface area contributed by atoms with Crippen molar-refractivity contribution in [2.75, 3.05) is 13.6 Å². The molecule has 4 rings (SSSR count). The monoisotopic (exact) mass is 545 g/mol. The van der Waals surface area contributed by atoms with Crippen molar-refractivity contribution in [3.8, 4) is 0 Å². The number of benzene rings is 1. The molecule has 0 aliphatic heterocycles. The van der Waals surface area contributed by atoms with Crippen molar-refractivity contribution < 1.29 is 9.59 Å². The zero-order chi connectivity index (χ0) is 27.8. The van der Waals surface area contributed by atoms with Gasteiger partial charge in [-0.15, -0.1) is 11.3 Å². The lowest BCUT2D eigenvalue weighted by atomic mass is 10.1. The summed E-state index contributed by atoms with van der Waals surface area (Å²) >= 11 is 1.73. The van der Waals surface area contributed by atoms with Crippen molar-refractivity contribution >= 4 is 34.2 Å². The van der Waals surface area contributed by atoms with E-state index in [-0.39, 0.29) is 11.8 Å². The second-order valence-electron chi connectivity index (χ2n) is 9.97. The molecule has 206 valence electrons. The van der Waals surface area contributed by atoms with Crippen LogP contribution in [-0.4, -0.2) is 50.9 Å². The molecule has 0 aliphatic carbocycles. The number of amides is 2. The highest BCUT2D eigenvalue weighted by atomic mass is 32.1. The highest BCUT2D eigenvalue weighted by Crippen LogP contribution is 2.28. The summed E-state index contributed by atoms with van der Waals surface area (Å²) in [6, 6.07) is 15.5. The number of rotatable bonds is 13. The Morgan fingerprint density at radius 3 is 2.56 bits per heavy atom. The summed E-state index contributed by atoms with van der Waals surface area (Å²) in [5.74, 6) is 0.685. The fourth-order valence-electron chi connectivity index (χ4n) is 5.04. The van der Waals surface area contributed by atoms with Crippen LogP contribution in [0.3, 0.4) is 0 Å². The second kappa shape index (κ2) is 13.5. The van der Waals surface area contributed by atoms with E-state index in [0.717, 1.165) is 48.2 Å². The Labute approximate surface area is 235 Å². The molecule has 8 heteroatoms. The van der Waals surface area contributed by atoms with E-state index in [1.54, 1.807) is 29.5 Å². The van der Waals surface area contributed by atoms with E-state index in [1.807, 2.05) is 43.3 Å². The first kappa shape index (κ1) is 28.5. The van der Waals surface area contributed by atoms with Crippen LogP contribution in [0.5, 0.6) is 0 Å². The van der Waals surface area contributed by atoms with E-state index in [4.69, 9.17) is 4.98 Å².